The SMILES string of the molecule is C[SiH](C)CCCCCCCCCCCCCCCCCCCl. The number of rotatable bonds is 18. The molecule has 0 nitrogen and oxygen atoms in total. The molecule has 0 radical (unpaired) electrons. The van der Waals surface area contributed by atoms with Gasteiger partial charge in [-0.05, 0) is 6.42 Å². The van der Waals surface area contributed by atoms with Crippen LogP contribution in [-0.2, 0) is 0 Å². The Kier molecular flexibility index (Phi) is 20.0. The molecule has 0 unspecified atom stereocenters. The van der Waals surface area contributed by atoms with Crippen molar-refractivity contribution in [2.24, 2.45) is 0 Å². The molecule has 134 valence electrons. The first-order valence-electron chi connectivity index (χ1n) is 10.3. The van der Waals surface area contributed by atoms with Crippen LogP contribution in [0.1, 0.15) is 103 Å². The van der Waals surface area contributed by atoms with Crippen LogP contribution in [0.25, 0.3) is 0 Å². The van der Waals surface area contributed by atoms with Crippen LogP contribution in [0.2, 0.25) is 19.1 Å². The normalized spacial score (nSPS) is 11.5. The molecule has 0 rings (SSSR count). The molecular formula is C20H43ClSi. The van der Waals surface area contributed by atoms with Crippen molar-refractivity contribution in [1.82, 2.24) is 0 Å². The summed E-state index contributed by atoms with van der Waals surface area (Å²) in [6, 6.07) is 1.56. The van der Waals surface area contributed by atoms with E-state index in [1.807, 2.05) is 0 Å². The average molecular weight is 347 g/mol. The van der Waals surface area contributed by atoms with Gasteiger partial charge in [0.25, 0.3) is 0 Å². The van der Waals surface area contributed by atoms with Crippen LogP contribution in [0.5, 0.6) is 0 Å². The van der Waals surface area contributed by atoms with Crippen molar-refractivity contribution >= 4 is 20.4 Å². The van der Waals surface area contributed by atoms with E-state index in [-0.39, 0.29) is 8.80 Å². The Balaban J connectivity index is 2.94. The molecule has 0 heterocycles. The molecule has 0 aromatic carbocycles. The summed E-state index contributed by atoms with van der Waals surface area (Å²) in [4.78, 5) is 0. The summed E-state index contributed by atoms with van der Waals surface area (Å²) in [5, 5.41) is 0. The number of hydrogen-bond donors (Lipinski definition) is 0. The van der Waals surface area contributed by atoms with Crippen molar-refractivity contribution in [3.05, 3.63) is 0 Å². The summed E-state index contributed by atoms with van der Waals surface area (Å²) in [5.74, 6) is 0.847. The molecule has 0 aromatic heterocycles. The maximum Gasteiger partial charge on any atom is 0.0305 e. The zero-order valence-corrected chi connectivity index (χ0v) is 17.6. The Labute approximate surface area is 148 Å². The van der Waals surface area contributed by atoms with E-state index in [1.165, 1.54) is 103 Å². The summed E-state index contributed by atoms with van der Waals surface area (Å²) in [6.07, 6.45) is 23.1. The van der Waals surface area contributed by atoms with Gasteiger partial charge in [0.15, 0.2) is 0 Å². The van der Waals surface area contributed by atoms with Crippen molar-refractivity contribution < 1.29 is 0 Å². The number of unbranched alkanes of at least 4 members (excludes halogenated alkanes) is 15. The fourth-order valence-corrected chi connectivity index (χ4v) is 4.42. The molecule has 0 aliphatic rings. The van der Waals surface area contributed by atoms with Crippen LogP contribution < -0.4 is 0 Å². The maximum absolute atomic E-state index is 5.68. The number of alkyl halides is 1. The van der Waals surface area contributed by atoms with E-state index in [9.17, 15) is 0 Å². The average Bonchev–Trinajstić information content (AvgIpc) is 2.50. The van der Waals surface area contributed by atoms with Gasteiger partial charge in [0.2, 0.25) is 0 Å². The lowest BCUT2D eigenvalue weighted by Gasteiger charge is -2.04. The molecule has 0 aliphatic carbocycles. The van der Waals surface area contributed by atoms with E-state index >= 15 is 0 Å². The van der Waals surface area contributed by atoms with Crippen molar-refractivity contribution in [2.45, 2.75) is 122 Å². The number of halogens is 1. The van der Waals surface area contributed by atoms with E-state index in [4.69, 9.17) is 11.6 Å². The van der Waals surface area contributed by atoms with Gasteiger partial charge in [-0.2, -0.15) is 0 Å². The molecule has 0 N–H and O–H groups in total. The molecule has 0 spiro atoms. The van der Waals surface area contributed by atoms with Crippen LogP contribution in [0.15, 0.2) is 0 Å². The zero-order chi connectivity index (χ0) is 16.3. The minimum absolute atomic E-state index is 0.270. The lowest BCUT2D eigenvalue weighted by Crippen LogP contribution is -1.97. The first kappa shape index (κ1) is 22.5. The second kappa shape index (κ2) is 19.6. The smallest absolute Gasteiger partial charge is 0.0305 e. The molecule has 0 saturated heterocycles. The molecule has 0 bridgehead atoms. The molecule has 22 heavy (non-hydrogen) atoms. The fraction of sp³-hybridized carbons (Fsp3) is 1.00. The third-order valence-corrected chi connectivity index (χ3v) is 6.50. The van der Waals surface area contributed by atoms with Crippen LogP contribution in [0.4, 0.5) is 0 Å². The highest BCUT2D eigenvalue weighted by atomic mass is 35.5. The second-order valence-electron chi connectivity index (χ2n) is 7.53. The summed E-state index contributed by atoms with van der Waals surface area (Å²) in [6.45, 7) is 4.95. The molecule has 0 aliphatic heterocycles. The van der Waals surface area contributed by atoms with Gasteiger partial charge in [0.1, 0.15) is 0 Å². The van der Waals surface area contributed by atoms with Gasteiger partial charge >= 0.3 is 0 Å². The largest absolute Gasteiger partial charge is 0.127 e. The van der Waals surface area contributed by atoms with Gasteiger partial charge in [-0.25, -0.2) is 0 Å². The first-order valence-corrected chi connectivity index (χ1v) is 14.0. The highest BCUT2D eigenvalue weighted by Gasteiger charge is 1.96. The van der Waals surface area contributed by atoms with E-state index in [2.05, 4.69) is 13.1 Å². The summed E-state index contributed by atoms with van der Waals surface area (Å²) in [7, 11) is -0.270. The summed E-state index contributed by atoms with van der Waals surface area (Å²) >= 11 is 5.68. The minimum Gasteiger partial charge on any atom is -0.127 e. The molecule has 2 heteroatoms. The van der Waals surface area contributed by atoms with Crippen LogP contribution in [0.3, 0.4) is 0 Å². The summed E-state index contributed by atoms with van der Waals surface area (Å²) < 4.78 is 0. The highest BCUT2D eigenvalue weighted by Crippen LogP contribution is 2.14. The van der Waals surface area contributed by atoms with E-state index in [0.717, 1.165) is 5.88 Å². The van der Waals surface area contributed by atoms with E-state index in [1.54, 1.807) is 6.04 Å². The quantitative estimate of drug-likeness (QED) is 0.134. The van der Waals surface area contributed by atoms with Gasteiger partial charge in [0, 0.05) is 14.7 Å². The number of hydrogen-bond acceptors (Lipinski definition) is 0. The van der Waals surface area contributed by atoms with Crippen LogP contribution >= 0.6 is 11.6 Å². The predicted octanol–water partition coefficient (Wildman–Crippen LogP) is 7.95. The predicted molar refractivity (Wildman–Crippen MR) is 108 cm³/mol. The van der Waals surface area contributed by atoms with E-state index in [0.29, 0.717) is 0 Å². The Hall–Kier alpha value is 0.507. The van der Waals surface area contributed by atoms with Gasteiger partial charge in [-0.1, -0.05) is 115 Å². The van der Waals surface area contributed by atoms with E-state index < -0.39 is 0 Å². The minimum atomic E-state index is -0.270. The molecule has 0 saturated carbocycles. The lowest BCUT2D eigenvalue weighted by atomic mass is 10.0. The zero-order valence-electron chi connectivity index (χ0n) is 15.7. The third kappa shape index (κ3) is 20.5. The first-order chi connectivity index (χ1) is 10.8. The molecular weight excluding hydrogens is 304 g/mol. The monoisotopic (exact) mass is 346 g/mol. The molecule has 0 atom stereocenters. The van der Waals surface area contributed by atoms with Gasteiger partial charge < -0.3 is 0 Å². The van der Waals surface area contributed by atoms with Crippen LogP contribution in [-0.4, -0.2) is 14.7 Å². The summed E-state index contributed by atoms with van der Waals surface area (Å²) in [5.41, 5.74) is 0. The van der Waals surface area contributed by atoms with Crippen molar-refractivity contribution in [3.63, 3.8) is 0 Å². The maximum atomic E-state index is 5.68. The van der Waals surface area contributed by atoms with Crippen molar-refractivity contribution in [2.75, 3.05) is 5.88 Å². The Bertz CT molecular complexity index is 194. The van der Waals surface area contributed by atoms with Gasteiger partial charge in [0.05, 0.1) is 0 Å². The molecule has 0 aromatic rings. The topological polar surface area (TPSA) is 0 Å². The van der Waals surface area contributed by atoms with Crippen LogP contribution in [0, 0.1) is 0 Å². The highest BCUT2D eigenvalue weighted by molar-refractivity contribution is 6.55. The Morgan fingerprint density at radius 1 is 0.455 bits per heavy atom. The second-order valence-corrected chi connectivity index (χ2v) is 11.3. The third-order valence-electron chi connectivity index (χ3n) is 4.67. The van der Waals surface area contributed by atoms with Crippen molar-refractivity contribution in [3.8, 4) is 0 Å². The molecule has 0 fully saturated rings. The standard InChI is InChI=1S/C20H43ClSi/c1-22(2)20-18-16-14-12-10-8-6-4-3-5-7-9-11-13-15-17-19-21/h22H,3-20H2,1-2H3. The van der Waals surface area contributed by atoms with Gasteiger partial charge in [-0.15, -0.1) is 11.6 Å². The van der Waals surface area contributed by atoms with Crippen molar-refractivity contribution in [1.29, 1.82) is 0 Å². The lowest BCUT2D eigenvalue weighted by molar-refractivity contribution is 0.531. The Morgan fingerprint density at radius 2 is 0.727 bits per heavy atom. The van der Waals surface area contributed by atoms with Gasteiger partial charge in [-0.3, -0.25) is 0 Å². The fourth-order valence-electron chi connectivity index (χ4n) is 3.12. The Morgan fingerprint density at radius 3 is 1.00 bits per heavy atom. The molecule has 0 amide bonds.